The summed E-state index contributed by atoms with van der Waals surface area (Å²) in [5, 5.41) is 10.4. The number of hydrogen-bond donors (Lipinski definition) is 0. The maximum absolute atomic E-state index is 12.0. The lowest BCUT2D eigenvalue weighted by atomic mass is 10.3. The summed E-state index contributed by atoms with van der Waals surface area (Å²) in [5.41, 5.74) is -0.0435. The van der Waals surface area contributed by atoms with Gasteiger partial charge in [-0.1, -0.05) is 22.6 Å². The van der Waals surface area contributed by atoms with Crippen molar-refractivity contribution in [2.75, 3.05) is 10.8 Å². The monoisotopic (exact) mass is 371 g/mol. The molecule has 0 aromatic heterocycles. The van der Waals surface area contributed by atoms with Gasteiger partial charge in [-0.15, -0.1) is 0 Å². The molecule has 0 N–H and O–H groups in total. The molecule has 0 radical (unpaired) electrons. The van der Waals surface area contributed by atoms with Gasteiger partial charge < -0.3 is 4.52 Å². The highest BCUT2D eigenvalue weighted by Crippen LogP contribution is 2.49. The van der Waals surface area contributed by atoms with E-state index in [4.69, 9.17) is 9.05 Å². The fourth-order valence-electron chi connectivity index (χ4n) is 1.07. The molecule has 0 aliphatic heterocycles. The van der Waals surface area contributed by atoms with Crippen LogP contribution in [0.2, 0.25) is 0 Å². The Labute approximate surface area is 112 Å². The van der Waals surface area contributed by atoms with Crippen LogP contribution < -0.4 is 4.52 Å². The summed E-state index contributed by atoms with van der Waals surface area (Å²) < 4.78 is 22.5. The molecule has 17 heavy (non-hydrogen) atoms. The Morgan fingerprint density at radius 1 is 1.41 bits per heavy atom. The van der Waals surface area contributed by atoms with Crippen LogP contribution in [0, 0.1) is 10.1 Å². The van der Waals surface area contributed by atoms with Crippen molar-refractivity contribution >= 4 is 35.9 Å². The molecule has 94 valence electrons. The summed E-state index contributed by atoms with van der Waals surface area (Å²) in [5.74, 6) is 0.295. The maximum Gasteiger partial charge on any atom is 0.388 e. The standard InChI is InChI=1S/C9H11INO5P/c1-2-15-17(14,7-10)16-9-5-3-8(4-6-9)11(12)13/h3-6H,2,7H2,1H3/t17-/m0/s1. The molecule has 0 unspecified atom stereocenters. The van der Waals surface area contributed by atoms with Crippen molar-refractivity contribution in [2.24, 2.45) is 0 Å². The van der Waals surface area contributed by atoms with Gasteiger partial charge in [0, 0.05) is 12.1 Å². The van der Waals surface area contributed by atoms with Crippen molar-refractivity contribution in [3.63, 3.8) is 0 Å². The number of rotatable bonds is 6. The van der Waals surface area contributed by atoms with Crippen LogP contribution in [0.3, 0.4) is 0 Å². The van der Waals surface area contributed by atoms with Crippen LogP contribution in [0.5, 0.6) is 5.75 Å². The zero-order valence-corrected chi connectivity index (χ0v) is 12.1. The zero-order chi connectivity index (χ0) is 12.9. The van der Waals surface area contributed by atoms with Gasteiger partial charge in [-0.3, -0.25) is 14.6 Å². The van der Waals surface area contributed by atoms with Crippen LogP contribution in [0.25, 0.3) is 0 Å². The Morgan fingerprint density at radius 3 is 2.41 bits per heavy atom. The minimum Gasteiger partial charge on any atom is -0.424 e. The molecular formula is C9H11INO5P. The first kappa shape index (κ1) is 14.4. The Kier molecular flexibility index (Phi) is 5.35. The Bertz CT molecular complexity index is 436. The molecule has 1 rings (SSSR count). The SMILES string of the molecule is CCO[P@@](=O)(CI)Oc1ccc([N+](=O)[O-])cc1. The van der Waals surface area contributed by atoms with Crippen LogP contribution in [0.15, 0.2) is 24.3 Å². The molecule has 1 aromatic rings. The predicted octanol–water partition coefficient (Wildman–Crippen LogP) is 3.60. The van der Waals surface area contributed by atoms with Crippen molar-refractivity contribution in [3.05, 3.63) is 34.4 Å². The number of nitro benzene ring substituents is 1. The summed E-state index contributed by atoms with van der Waals surface area (Å²) >= 11 is 1.91. The van der Waals surface area contributed by atoms with Crippen LogP contribution in [-0.2, 0) is 9.09 Å². The molecule has 1 aromatic carbocycles. The highest BCUT2D eigenvalue weighted by molar-refractivity contribution is 14.1. The summed E-state index contributed by atoms with van der Waals surface area (Å²) in [7, 11) is -3.14. The zero-order valence-electron chi connectivity index (χ0n) is 9.04. The first-order chi connectivity index (χ1) is 8.00. The van der Waals surface area contributed by atoms with E-state index in [2.05, 4.69) is 0 Å². The third kappa shape index (κ3) is 4.25. The maximum atomic E-state index is 12.0. The normalized spacial score (nSPS) is 14.0. The number of halogens is 1. The van der Waals surface area contributed by atoms with Crippen LogP contribution in [-0.4, -0.2) is 15.7 Å². The summed E-state index contributed by atoms with van der Waals surface area (Å²) in [4.78, 5) is 9.93. The van der Waals surface area contributed by atoms with Crippen molar-refractivity contribution in [1.29, 1.82) is 0 Å². The van der Waals surface area contributed by atoms with E-state index in [1.165, 1.54) is 24.3 Å². The van der Waals surface area contributed by atoms with Gasteiger partial charge in [0.25, 0.3) is 5.69 Å². The van der Waals surface area contributed by atoms with Crippen LogP contribution >= 0.6 is 30.2 Å². The van der Waals surface area contributed by atoms with Gasteiger partial charge in [0.05, 0.1) is 11.5 Å². The Morgan fingerprint density at radius 2 is 2.00 bits per heavy atom. The van der Waals surface area contributed by atoms with Gasteiger partial charge in [-0.05, 0) is 19.1 Å². The van der Waals surface area contributed by atoms with Crippen LogP contribution in [0.1, 0.15) is 6.92 Å². The molecule has 0 aliphatic carbocycles. The average Bonchev–Trinajstić information content (AvgIpc) is 2.30. The van der Waals surface area contributed by atoms with Gasteiger partial charge in [0.1, 0.15) is 9.92 Å². The fourth-order valence-corrected chi connectivity index (χ4v) is 3.09. The number of non-ortho nitro benzene ring substituents is 1. The lowest BCUT2D eigenvalue weighted by Gasteiger charge is -2.15. The number of benzene rings is 1. The topological polar surface area (TPSA) is 78.7 Å². The molecule has 0 heterocycles. The van der Waals surface area contributed by atoms with Crippen molar-refractivity contribution in [1.82, 2.24) is 0 Å². The molecule has 1 atom stereocenters. The predicted molar refractivity (Wildman–Crippen MR) is 71.8 cm³/mol. The van der Waals surface area contributed by atoms with E-state index in [0.717, 1.165) is 0 Å². The molecule has 0 spiro atoms. The van der Waals surface area contributed by atoms with E-state index in [-0.39, 0.29) is 16.5 Å². The van der Waals surface area contributed by atoms with E-state index in [9.17, 15) is 14.7 Å². The third-order valence-electron chi connectivity index (χ3n) is 1.76. The second kappa shape index (κ2) is 6.32. The molecule has 0 bridgehead atoms. The summed E-state index contributed by atoms with van der Waals surface area (Å²) in [6, 6.07) is 5.38. The highest BCUT2D eigenvalue weighted by Gasteiger charge is 2.24. The molecular weight excluding hydrogens is 360 g/mol. The van der Waals surface area contributed by atoms with E-state index in [1.54, 1.807) is 6.92 Å². The average molecular weight is 371 g/mol. The smallest absolute Gasteiger partial charge is 0.388 e. The van der Waals surface area contributed by atoms with Gasteiger partial charge >= 0.3 is 7.60 Å². The number of nitrogens with zero attached hydrogens (tertiary/aromatic N) is 1. The summed E-state index contributed by atoms with van der Waals surface area (Å²) in [6.07, 6.45) is 0. The Balaban J connectivity index is 2.81. The largest absolute Gasteiger partial charge is 0.424 e. The Hall–Kier alpha value is -0.660. The number of hydrogen-bond acceptors (Lipinski definition) is 5. The van der Waals surface area contributed by atoms with Crippen molar-refractivity contribution in [2.45, 2.75) is 6.92 Å². The van der Waals surface area contributed by atoms with Crippen molar-refractivity contribution < 1.29 is 18.5 Å². The van der Waals surface area contributed by atoms with E-state index < -0.39 is 12.5 Å². The quantitative estimate of drug-likeness (QED) is 0.251. The second-order valence-corrected chi connectivity index (χ2v) is 6.94. The molecule has 0 saturated heterocycles. The lowest BCUT2D eigenvalue weighted by molar-refractivity contribution is -0.384. The van der Waals surface area contributed by atoms with E-state index in [0.29, 0.717) is 5.75 Å². The van der Waals surface area contributed by atoms with E-state index >= 15 is 0 Å². The summed E-state index contributed by atoms with van der Waals surface area (Å²) in [6.45, 7) is 2.01. The number of alkyl halides is 1. The second-order valence-electron chi connectivity index (χ2n) is 2.99. The molecule has 8 heteroatoms. The van der Waals surface area contributed by atoms with Gasteiger partial charge in [-0.2, -0.15) is 0 Å². The first-order valence-electron chi connectivity index (χ1n) is 4.74. The van der Waals surface area contributed by atoms with Crippen molar-refractivity contribution in [3.8, 4) is 5.75 Å². The minimum atomic E-state index is -3.14. The lowest BCUT2D eigenvalue weighted by Crippen LogP contribution is -1.99. The molecule has 0 saturated carbocycles. The van der Waals surface area contributed by atoms with Gasteiger partial charge in [-0.25, -0.2) is 4.57 Å². The molecule has 0 fully saturated rings. The molecule has 6 nitrogen and oxygen atoms in total. The number of nitro groups is 1. The third-order valence-corrected chi connectivity index (χ3v) is 5.70. The molecule has 0 aliphatic rings. The highest BCUT2D eigenvalue weighted by atomic mass is 127. The van der Waals surface area contributed by atoms with Gasteiger partial charge in [0.2, 0.25) is 0 Å². The minimum absolute atomic E-state index is 0.0435. The van der Waals surface area contributed by atoms with Gasteiger partial charge in [0.15, 0.2) is 0 Å². The first-order valence-corrected chi connectivity index (χ1v) is 7.99. The molecule has 0 amide bonds. The fraction of sp³-hybridized carbons (Fsp3) is 0.333. The van der Waals surface area contributed by atoms with E-state index in [1.807, 2.05) is 22.6 Å². The van der Waals surface area contributed by atoms with Crippen LogP contribution in [0.4, 0.5) is 5.69 Å².